The molecule has 1 N–H and O–H groups in total. The van der Waals surface area contributed by atoms with Crippen molar-refractivity contribution in [2.45, 2.75) is 20.0 Å². The van der Waals surface area contributed by atoms with E-state index in [0.717, 1.165) is 5.56 Å². The van der Waals surface area contributed by atoms with E-state index in [4.69, 9.17) is 14.2 Å². The Morgan fingerprint density at radius 2 is 2.17 bits per heavy atom. The van der Waals surface area contributed by atoms with Crippen LogP contribution in [0.25, 0.3) is 0 Å². The summed E-state index contributed by atoms with van der Waals surface area (Å²) in [5.74, 6) is 0.564. The van der Waals surface area contributed by atoms with Crippen molar-refractivity contribution in [2.24, 2.45) is 0 Å². The summed E-state index contributed by atoms with van der Waals surface area (Å²) in [5, 5.41) is 9.88. The van der Waals surface area contributed by atoms with E-state index < -0.39 is 12.1 Å². The molecule has 1 aromatic rings. The largest absolute Gasteiger partial charge is 0.486 e. The van der Waals surface area contributed by atoms with Crippen molar-refractivity contribution in [3.8, 4) is 11.5 Å². The molecule has 0 amide bonds. The second-order valence-corrected chi connectivity index (χ2v) is 4.02. The molecule has 0 radical (unpaired) electrons. The third-order valence-electron chi connectivity index (χ3n) is 2.68. The Balaban J connectivity index is 2.29. The van der Waals surface area contributed by atoms with Crippen molar-refractivity contribution in [3.05, 3.63) is 23.3 Å². The minimum absolute atomic E-state index is 0.236. The molecule has 5 heteroatoms. The van der Waals surface area contributed by atoms with Gasteiger partial charge in [0.05, 0.1) is 6.61 Å². The number of carbonyl (C=O) groups excluding carboxylic acids is 1. The minimum Gasteiger partial charge on any atom is -0.486 e. The third kappa shape index (κ3) is 2.41. The molecule has 0 aromatic heterocycles. The molecule has 1 atom stereocenters. The average Bonchev–Trinajstić information content (AvgIpc) is 2.38. The zero-order chi connectivity index (χ0) is 13.1. The van der Waals surface area contributed by atoms with Gasteiger partial charge in [0.2, 0.25) is 0 Å². The number of aryl methyl sites for hydroxylation is 1. The van der Waals surface area contributed by atoms with Crippen LogP contribution >= 0.6 is 0 Å². The summed E-state index contributed by atoms with van der Waals surface area (Å²) in [6, 6.07) is 3.32. The van der Waals surface area contributed by atoms with Crippen LogP contribution in [0.15, 0.2) is 12.1 Å². The summed E-state index contributed by atoms with van der Waals surface area (Å²) in [5.41, 5.74) is 1.28. The Morgan fingerprint density at radius 3 is 2.89 bits per heavy atom. The molecule has 0 fully saturated rings. The number of hydrogen-bond donors (Lipinski definition) is 1. The highest BCUT2D eigenvalue weighted by molar-refractivity contribution is 5.76. The third-order valence-corrected chi connectivity index (χ3v) is 2.68. The van der Waals surface area contributed by atoms with Gasteiger partial charge in [-0.1, -0.05) is 0 Å². The van der Waals surface area contributed by atoms with Gasteiger partial charge >= 0.3 is 5.97 Å². The van der Waals surface area contributed by atoms with E-state index in [9.17, 15) is 9.90 Å². The first-order valence-corrected chi connectivity index (χ1v) is 5.88. The normalized spacial score (nSPS) is 15.1. The van der Waals surface area contributed by atoms with Crippen LogP contribution in [0.5, 0.6) is 11.5 Å². The van der Waals surface area contributed by atoms with Gasteiger partial charge in [-0.2, -0.15) is 0 Å². The zero-order valence-electron chi connectivity index (χ0n) is 10.4. The molecule has 0 aliphatic carbocycles. The van der Waals surface area contributed by atoms with Gasteiger partial charge in [0.25, 0.3) is 0 Å². The van der Waals surface area contributed by atoms with Gasteiger partial charge in [0.1, 0.15) is 13.2 Å². The summed E-state index contributed by atoms with van der Waals surface area (Å²) in [7, 11) is 0. The van der Waals surface area contributed by atoms with Gasteiger partial charge < -0.3 is 19.3 Å². The van der Waals surface area contributed by atoms with Gasteiger partial charge in [-0.15, -0.1) is 0 Å². The van der Waals surface area contributed by atoms with Crippen LogP contribution in [0, 0.1) is 6.92 Å². The fraction of sp³-hybridized carbons (Fsp3) is 0.462. The van der Waals surface area contributed by atoms with Gasteiger partial charge in [-0.05, 0) is 37.1 Å². The van der Waals surface area contributed by atoms with E-state index in [1.54, 1.807) is 19.1 Å². The van der Waals surface area contributed by atoms with E-state index in [1.165, 1.54) is 0 Å². The average molecular weight is 252 g/mol. The first-order valence-electron chi connectivity index (χ1n) is 5.88. The lowest BCUT2D eigenvalue weighted by Crippen LogP contribution is -2.19. The smallest absolute Gasteiger partial charge is 0.339 e. The number of esters is 1. The Hall–Kier alpha value is -1.75. The number of rotatable bonds is 3. The maximum atomic E-state index is 11.5. The number of hydrogen-bond acceptors (Lipinski definition) is 5. The molecule has 1 heterocycles. The molecule has 98 valence electrons. The predicted octanol–water partition coefficient (Wildman–Crippen LogP) is 1.36. The van der Waals surface area contributed by atoms with E-state index in [0.29, 0.717) is 30.3 Å². The zero-order valence-corrected chi connectivity index (χ0v) is 10.4. The maximum Gasteiger partial charge on any atom is 0.339 e. The number of carbonyl (C=O) groups is 1. The molecule has 1 aliphatic heterocycles. The highest BCUT2D eigenvalue weighted by Crippen LogP contribution is 2.36. The molecule has 5 nitrogen and oxygen atoms in total. The van der Waals surface area contributed by atoms with Crippen molar-refractivity contribution in [3.63, 3.8) is 0 Å². The Labute approximate surface area is 105 Å². The van der Waals surface area contributed by atoms with E-state index in [1.807, 2.05) is 6.92 Å². The second-order valence-electron chi connectivity index (χ2n) is 4.02. The predicted molar refractivity (Wildman–Crippen MR) is 63.8 cm³/mol. The first kappa shape index (κ1) is 12.7. The SMILES string of the molecule is CCOC(=O)C(O)c1cc(C)c2c(c1)OCCO2. The lowest BCUT2D eigenvalue weighted by molar-refractivity contribution is -0.153. The fourth-order valence-electron chi connectivity index (χ4n) is 1.87. The maximum absolute atomic E-state index is 11.5. The van der Waals surface area contributed by atoms with Crippen molar-refractivity contribution < 1.29 is 24.1 Å². The summed E-state index contributed by atoms with van der Waals surface area (Å²) in [6.45, 7) is 4.74. The molecule has 2 rings (SSSR count). The van der Waals surface area contributed by atoms with Crippen LogP contribution < -0.4 is 9.47 Å². The van der Waals surface area contributed by atoms with Crippen LogP contribution in [0.4, 0.5) is 0 Å². The summed E-state index contributed by atoms with van der Waals surface area (Å²) < 4.78 is 15.7. The van der Waals surface area contributed by atoms with Crippen molar-refractivity contribution in [1.29, 1.82) is 0 Å². The topological polar surface area (TPSA) is 65.0 Å². The van der Waals surface area contributed by atoms with Crippen molar-refractivity contribution in [1.82, 2.24) is 0 Å². The van der Waals surface area contributed by atoms with Crippen LogP contribution in [0.1, 0.15) is 24.2 Å². The number of benzene rings is 1. The molecular formula is C13H16O5. The summed E-state index contributed by atoms with van der Waals surface area (Å²) in [6.07, 6.45) is -1.29. The van der Waals surface area contributed by atoms with Crippen molar-refractivity contribution >= 4 is 5.97 Å². The minimum atomic E-state index is -1.29. The fourth-order valence-corrected chi connectivity index (χ4v) is 1.87. The van der Waals surface area contributed by atoms with E-state index in [2.05, 4.69) is 0 Å². The van der Waals surface area contributed by atoms with Gasteiger partial charge in [-0.3, -0.25) is 0 Å². The molecular weight excluding hydrogens is 236 g/mol. The lowest BCUT2D eigenvalue weighted by atomic mass is 10.0. The molecule has 0 spiro atoms. The number of aliphatic hydroxyl groups is 1. The standard InChI is InChI=1S/C13H16O5/c1-3-16-13(15)11(14)9-6-8(2)12-10(7-9)17-4-5-18-12/h6-7,11,14H,3-5H2,1-2H3. The van der Waals surface area contributed by atoms with Crippen LogP contribution in [-0.4, -0.2) is 30.9 Å². The monoisotopic (exact) mass is 252 g/mol. The van der Waals surface area contributed by atoms with Gasteiger partial charge in [0.15, 0.2) is 17.6 Å². The highest BCUT2D eigenvalue weighted by Gasteiger charge is 2.23. The lowest BCUT2D eigenvalue weighted by Gasteiger charge is -2.22. The Kier molecular flexibility index (Phi) is 3.72. The molecule has 1 aliphatic rings. The van der Waals surface area contributed by atoms with Crippen molar-refractivity contribution in [2.75, 3.05) is 19.8 Å². The first-order chi connectivity index (χ1) is 8.63. The summed E-state index contributed by atoms with van der Waals surface area (Å²) >= 11 is 0. The molecule has 18 heavy (non-hydrogen) atoms. The molecule has 0 saturated heterocycles. The Bertz CT molecular complexity index is 455. The van der Waals surface area contributed by atoms with Crippen LogP contribution in [0.2, 0.25) is 0 Å². The highest BCUT2D eigenvalue weighted by atomic mass is 16.6. The van der Waals surface area contributed by atoms with Gasteiger partial charge in [0, 0.05) is 0 Å². The molecule has 0 bridgehead atoms. The van der Waals surface area contributed by atoms with E-state index in [-0.39, 0.29) is 6.61 Å². The van der Waals surface area contributed by atoms with E-state index >= 15 is 0 Å². The molecule has 0 saturated carbocycles. The van der Waals surface area contributed by atoms with Crippen LogP contribution in [-0.2, 0) is 9.53 Å². The molecule has 1 aromatic carbocycles. The van der Waals surface area contributed by atoms with Crippen LogP contribution in [0.3, 0.4) is 0 Å². The summed E-state index contributed by atoms with van der Waals surface area (Å²) in [4.78, 5) is 11.5. The Morgan fingerprint density at radius 1 is 1.44 bits per heavy atom. The quantitative estimate of drug-likeness (QED) is 0.823. The second kappa shape index (κ2) is 5.27. The number of aliphatic hydroxyl groups excluding tert-OH is 1. The molecule has 1 unspecified atom stereocenters. The van der Waals surface area contributed by atoms with Gasteiger partial charge in [-0.25, -0.2) is 4.79 Å². The number of fused-ring (bicyclic) bond motifs is 1. The number of ether oxygens (including phenoxy) is 3.